The molecule has 0 bridgehead atoms. The van der Waals surface area contributed by atoms with Gasteiger partial charge in [0.15, 0.2) is 0 Å². The first kappa shape index (κ1) is 47.1. The summed E-state index contributed by atoms with van der Waals surface area (Å²) in [5.41, 5.74) is 0.783. The lowest BCUT2D eigenvalue weighted by Gasteiger charge is -2.29. The second kappa shape index (κ2) is 19.9. The number of amides is 4. The largest absolute Gasteiger partial charge is 0.573 e. The standard InChI is InChI=1S/C42H50ClF3N8O8/c1-22(2)34(53-40(59)61-7)38(57)54-20-26(60-6)16-31(54)36-50-30(21-55)35(52-36)24-10-8-23(9-11-24)27-17-28(43)29(18-32(27)62-42(44,45)46)51-37(56)25-12-13-33(49-19-25)47-14-15-48-39(58)41(3,4)5/h8-13,17-19,22,26,31,34,55H,14-16,20-21H2,1-7H3,(H,47,49)(H,48,58)(H,50,52)(H,51,56)(H,53,59)/t26-,31-,34-/m0/s1. The predicted octanol–water partition coefficient (Wildman–Crippen LogP) is 6.68. The van der Waals surface area contributed by atoms with E-state index < -0.39 is 48.2 Å². The molecule has 62 heavy (non-hydrogen) atoms. The minimum absolute atomic E-state index is 0.0382. The average molecular weight is 887 g/mol. The molecule has 0 aliphatic carbocycles. The number of nitrogens with one attached hydrogen (secondary N) is 5. The highest BCUT2D eigenvalue weighted by molar-refractivity contribution is 6.34. The van der Waals surface area contributed by atoms with E-state index in [1.54, 1.807) is 51.7 Å². The highest BCUT2D eigenvalue weighted by Gasteiger charge is 2.42. The van der Waals surface area contributed by atoms with Gasteiger partial charge in [-0.3, -0.25) is 14.4 Å². The number of halogens is 4. The van der Waals surface area contributed by atoms with Crippen LogP contribution >= 0.6 is 11.6 Å². The second-order valence-electron chi connectivity index (χ2n) is 15.8. The average Bonchev–Trinajstić information content (AvgIpc) is 3.86. The summed E-state index contributed by atoms with van der Waals surface area (Å²) < 4.78 is 56.0. The lowest BCUT2D eigenvalue weighted by Crippen LogP contribution is -2.51. The number of anilines is 2. The minimum atomic E-state index is -5.10. The number of aromatic nitrogens is 3. The number of likely N-dealkylation sites (tertiary alicyclic amines) is 1. The maximum Gasteiger partial charge on any atom is 0.573 e. The molecule has 0 saturated carbocycles. The Kier molecular flexibility index (Phi) is 15.1. The number of benzene rings is 2. The van der Waals surface area contributed by atoms with Gasteiger partial charge in [-0.15, -0.1) is 13.2 Å². The number of aliphatic hydroxyl groups is 1. The molecule has 0 radical (unpaired) electrons. The van der Waals surface area contributed by atoms with Crippen LogP contribution < -0.4 is 26.0 Å². The zero-order valence-electron chi connectivity index (χ0n) is 35.2. The number of imidazole rings is 1. The van der Waals surface area contributed by atoms with E-state index in [0.717, 1.165) is 6.07 Å². The first-order valence-electron chi connectivity index (χ1n) is 19.6. The van der Waals surface area contributed by atoms with Gasteiger partial charge in [-0.05, 0) is 29.7 Å². The molecule has 6 N–H and O–H groups in total. The zero-order valence-corrected chi connectivity index (χ0v) is 36.0. The molecule has 1 fully saturated rings. The molecule has 20 heteroatoms. The van der Waals surface area contributed by atoms with Crippen molar-refractivity contribution in [2.45, 2.75) is 72.2 Å². The fourth-order valence-corrected chi connectivity index (χ4v) is 6.85. The summed E-state index contributed by atoms with van der Waals surface area (Å²) in [6, 6.07) is 9.92. The number of rotatable bonds is 15. The van der Waals surface area contributed by atoms with Crippen LogP contribution in [-0.2, 0) is 25.7 Å². The van der Waals surface area contributed by atoms with E-state index >= 15 is 0 Å². The number of H-pyrrole nitrogens is 1. The molecule has 5 rings (SSSR count). The van der Waals surface area contributed by atoms with Gasteiger partial charge in [0.05, 0.1) is 53.5 Å². The number of methoxy groups -OCH3 is 2. The number of alkyl halides is 3. The molecular weight excluding hydrogens is 837 g/mol. The fraction of sp³-hybridized carbons (Fsp3) is 0.429. The van der Waals surface area contributed by atoms with E-state index in [0.29, 0.717) is 48.1 Å². The van der Waals surface area contributed by atoms with Crippen molar-refractivity contribution in [2.75, 3.05) is 44.5 Å². The van der Waals surface area contributed by atoms with Crippen molar-refractivity contribution in [3.63, 3.8) is 0 Å². The van der Waals surface area contributed by atoms with Crippen LogP contribution in [0.15, 0.2) is 54.7 Å². The van der Waals surface area contributed by atoms with Crippen LogP contribution in [0, 0.1) is 11.3 Å². The summed E-state index contributed by atoms with van der Waals surface area (Å²) in [5, 5.41) is 21.2. The molecule has 2 aromatic carbocycles. The molecule has 1 saturated heterocycles. The summed E-state index contributed by atoms with van der Waals surface area (Å²) in [5.74, 6) is -1.32. The fourth-order valence-electron chi connectivity index (χ4n) is 6.64. The number of aromatic amines is 1. The number of hydrogen-bond acceptors (Lipinski definition) is 11. The monoisotopic (exact) mass is 886 g/mol. The molecule has 334 valence electrons. The Balaban J connectivity index is 1.35. The van der Waals surface area contributed by atoms with Gasteiger partial charge in [0.1, 0.15) is 23.4 Å². The van der Waals surface area contributed by atoms with Crippen LogP contribution in [0.5, 0.6) is 5.75 Å². The van der Waals surface area contributed by atoms with Crippen molar-refractivity contribution < 1.29 is 51.7 Å². The number of carbonyl (C=O) groups excluding carboxylic acids is 4. The third-order valence-electron chi connectivity index (χ3n) is 9.98. The predicted molar refractivity (Wildman–Crippen MR) is 224 cm³/mol. The number of nitrogens with zero attached hydrogens (tertiary/aromatic N) is 3. The normalized spacial score (nSPS) is 15.9. The summed E-state index contributed by atoms with van der Waals surface area (Å²) >= 11 is 6.54. The second-order valence-corrected chi connectivity index (χ2v) is 16.2. The summed E-state index contributed by atoms with van der Waals surface area (Å²) in [4.78, 5) is 64.8. The lowest BCUT2D eigenvalue weighted by atomic mass is 9.96. The van der Waals surface area contributed by atoms with Gasteiger partial charge in [0, 0.05) is 62.0 Å². The number of ether oxygens (including phenoxy) is 3. The zero-order chi connectivity index (χ0) is 45.5. The smallest absolute Gasteiger partial charge is 0.453 e. The van der Waals surface area contributed by atoms with Crippen LogP contribution in [0.2, 0.25) is 5.02 Å². The van der Waals surface area contributed by atoms with Crippen molar-refractivity contribution >= 4 is 46.9 Å². The van der Waals surface area contributed by atoms with Gasteiger partial charge in [-0.2, -0.15) is 0 Å². The third kappa shape index (κ3) is 11.7. The highest BCUT2D eigenvalue weighted by Crippen LogP contribution is 2.41. The Morgan fingerprint density at radius 1 is 1.02 bits per heavy atom. The van der Waals surface area contributed by atoms with Crippen LogP contribution in [0.4, 0.5) is 29.5 Å². The van der Waals surface area contributed by atoms with Crippen molar-refractivity contribution in [3.05, 3.63) is 76.8 Å². The Morgan fingerprint density at radius 3 is 2.29 bits per heavy atom. The van der Waals surface area contributed by atoms with E-state index in [-0.39, 0.29) is 57.8 Å². The summed E-state index contributed by atoms with van der Waals surface area (Å²) in [6.07, 6.45) is -4.57. The molecule has 1 aliphatic rings. The molecule has 2 aromatic heterocycles. The van der Waals surface area contributed by atoms with E-state index in [2.05, 4.69) is 36.0 Å². The molecule has 16 nitrogen and oxygen atoms in total. The summed E-state index contributed by atoms with van der Waals surface area (Å²) in [7, 11) is 2.73. The van der Waals surface area contributed by atoms with Crippen molar-refractivity contribution in [1.29, 1.82) is 0 Å². The first-order valence-corrected chi connectivity index (χ1v) is 20.0. The van der Waals surface area contributed by atoms with E-state index in [4.69, 9.17) is 26.1 Å². The van der Waals surface area contributed by atoms with Gasteiger partial charge in [-0.25, -0.2) is 14.8 Å². The van der Waals surface area contributed by atoms with Gasteiger partial charge >= 0.3 is 12.5 Å². The lowest BCUT2D eigenvalue weighted by molar-refractivity contribution is -0.274. The van der Waals surface area contributed by atoms with E-state index in [9.17, 15) is 37.5 Å². The molecule has 4 amide bonds. The molecule has 3 heterocycles. The third-order valence-corrected chi connectivity index (χ3v) is 10.3. The SMILES string of the molecule is COC(=O)N[C@H](C(=O)N1C[C@@H](OC)C[C@H]1c1nc(-c2ccc(-c3cc(Cl)c(NC(=O)c4ccc(NCCNC(=O)C(C)(C)C)nc4)cc3OC(F)(F)F)cc2)c(CO)[nH]1)C(C)C. The van der Waals surface area contributed by atoms with Gasteiger partial charge in [-0.1, -0.05) is 70.5 Å². The molecule has 0 unspecified atom stereocenters. The van der Waals surface area contributed by atoms with Crippen LogP contribution in [0.1, 0.15) is 69.0 Å². The summed E-state index contributed by atoms with van der Waals surface area (Å²) in [6.45, 7) is 9.44. The Bertz CT molecular complexity index is 2230. The molecule has 4 aromatic rings. The van der Waals surface area contributed by atoms with Crippen molar-refractivity contribution in [2.24, 2.45) is 11.3 Å². The van der Waals surface area contributed by atoms with Gasteiger partial charge in [0.2, 0.25) is 11.8 Å². The van der Waals surface area contributed by atoms with Crippen molar-refractivity contribution in [3.8, 4) is 28.1 Å². The minimum Gasteiger partial charge on any atom is -0.453 e. The quantitative estimate of drug-likeness (QED) is 0.0694. The number of pyridine rings is 1. The van der Waals surface area contributed by atoms with Gasteiger partial charge in [0.25, 0.3) is 5.91 Å². The Hall–Kier alpha value is -5.92. The number of alkyl carbamates (subject to hydrolysis) is 1. The number of carbonyl (C=O) groups is 4. The van der Waals surface area contributed by atoms with E-state index in [1.807, 2.05) is 0 Å². The molecule has 0 spiro atoms. The van der Waals surface area contributed by atoms with Crippen LogP contribution in [0.25, 0.3) is 22.4 Å². The van der Waals surface area contributed by atoms with Crippen molar-refractivity contribution in [1.82, 2.24) is 30.5 Å². The highest BCUT2D eigenvalue weighted by atomic mass is 35.5. The Labute approximate surface area is 361 Å². The molecule has 3 atom stereocenters. The van der Waals surface area contributed by atoms with Gasteiger partial charge < -0.3 is 50.5 Å². The maximum atomic E-state index is 13.8. The number of hydrogen-bond donors (Lipinski definition) is 6. The molecular formula is C42H50ClF3N8O8. The first-order chi connectivity index (χ1) is 29.2. The van der Waals surface area contributed by atoms with E-state index in [1.165, 1.54) is 50.7 Å². The maximum absolute atomic E-state index is 13.8. The Morgan fingerprint density at radius 2 is 1.71 bits per heavy atom. The van der Waals surface area contributed by atoms with Crippen LogP contribution in [-0.4, -0.2) is 101 Å². The molecule has 1 aliphatic heterocycles. The van der Waals surface area contributed by atoms with Crippen LogP contribution in [0.3, 0.4) is 0 Å². The topological polar surface area (TPSA) is 209 Å². The number of aliphatic hydroxyl groups excluding tert-OH is 1.